The average molecular weight is 485 g/mol. The van der Waals surface area contributed by atoms with E-state index in [1.807, 2.05) is 31.2 Å². The molecule has 1 atom stereocenters. The molecule has 31 heavy (non-hydrogen) atoms. The van der Waals surface area contributed by atoms with Gasteiger partial charge in [-0.05, 0) is 49.1 Å². The lowest BCUT2D eigenvalue weighted by molar-refractivity contribution is -0.126. The maximum Gasteiger partial charge on any atom is 0.224 e. The fourth-order valence-corrected chi connectivity index (χ4v) is 5.73. The number of carbonyl (C=O) groups excluding carboxylic acids is 1. The Morgan fingerprint density at radius 1 is 1.23 bits per heavy atom. The number of hydrogen-bond donors (Lipinski definition) is 1. The molecule has 0 unspecified atom stereocenters. The van der Waals surface area contributed by atoms with Crippen molar-refractivity contribution in [3.8, 4) is 5.75 Å². The number of aryl methyl sites for hydroxylation is 1. The smallest absolute Gasteiger partial charge is 0.224 e. The van der Waals surface area contributed by atoms with E-state index in [1.165, 1.54) is 10.4 Å². The molecule has 0 saturated carbocycles. The van der Waals surface area contributed by atoms with Crippen molar-refractivity contribution < 1.29 is 17.9 Å². The van der Waals surface area contributed by atoms with Gasteiger partial charge in [0.25, 0.3) is 0 Å². The zero-order valence-corrected chi connectivity index (χ0v) is 19.6. The molecule has 1 saturated heterocycles. The van der Waals surface area contributed by atoms with E-state index in [-0.39, 0.29) is 24.1 Å². The standard InChI is InChI=1S/C22H26Cl2N2O4S/c1-16-5-2-3-7-21(16)30-12-10-25-22(27)17-6-4-11-26(14-17)31(28,29)15-18-8-9-19(23)13-20(18)24/h2-3,5,7-9,13,17H,4,6,10-12,14-15H2,1H3,(H,25,27)/t17-/m0/s1. The predicted octanol–water partition coefficient (Wildman–Crippen LogP) is 4.04. The van der Waals surface area contributed by atoms with Crippen LogP contribution in [0.3, 0.4) is 0 Å². The summed E-state index contributed by atoms with van der Waals surface area (Å²) in [6.45, 7) is 3.23. The van der Waals surface area contributed by atoms with Crippen LogP contribution in [-0.2, 0) is 20.6 Å². The molecule has 1 aliphatic rings. The van der Waals surface area contributed by atoms with Crippen LogP contribution in [0.2, 0.25) is 10.0 Å². The minimum atomic E-state index is -3.60. The maximum atomic E-state index is 12.9. The van der Waals surface area contributed by atoms with Crippen LogP contribution in [0.15, 0.2) is 42.5 Å². The minimum Gasteiger partial charge on any atom is -0.491 e. The molecule has 1 amide bonds. The lowest BCUT2D eigenvalue weighted by atomic mass is 9.99. The molecule has 9 heteroatoms. The molecule has 3 rings (SSSR count). The first kappa shape index (κ1) is 23.9. The molecule has 0 aromatic heterocycles. The summed E-state index contributed by atoms with van der Waals surface area (Å²) >= 11 is 12.0. The van der Waals surface area contributed by atoms with Gasteiger partial charge in [-0.3, -0.25) is 4.79 Å². The first-order valence-corrected chi connectivity index (χ1v) is 12.5. The zero-order valence-electron chi connectivity index (χ0n) is 17.3. The number of sulfonamides is 1. The van der Waals surface area contributed by atoms with Gasteiger partial charge >= 0.3 is 0 Å². The third-order valence-electron chi connectivity index (χ3n) is 5.25. The number of benzene rings is 2. The molecule has 0 aliphatic carbocycles. The number of nitrogens with zero attached hydrogens (tertiary/aromatic N) is 1. The van der Waals surface area contributed by atoms with Crippen LogP contribution < -0.4 is 10.1 Å². The van der Waals surface area contributed by atoms with Gasteiger partial charge in [-0.1, -0.05) is 47.5 Å². The Kier molecular flexibility index (Phi) is 8.22. The number of halogens is 2. The van der Waals surface area contributed by atoms with Crippen molar-refractivity contribution in [1.82, 2.24) is 9.62 Å². The minimum absolute atomic E-state index is 0.155. The van der Waals surface area contributed by atoms with Crippen LogP contribution >= 0.6 is 23.2 Å². The fraction of sp³-hybridized carbons (Fsp3) is 0.409. The van der Waals surface area contributed by atoms with Gasteiger partial charge in [0.1, 0.15) is 12.4 Å². The van der Waals surface area contributed by atoms with Crippen molar-refractivity contribution in [2.45, 2.75) is 25.5 Å². The van der Waals surface area contributed by atoms with E-state index in [9.17, 15) is 13.2 Å². The highest BCUT2D eigenvalue weighted by Crippen LogP contribution is 2.26. The number of piperidine rings is 1. The zero-order chi connectivity index (χ0) is 22.4. The largest absolute Gasteiger partial charge is 0.491 e. The maximum absolute atomic E-state index is 12.9. The molecule has 1 aliphatic heterocycles. The van der Waals surface area contributed by atoms with Gasteiger partial charge in [-0.15, -0.1) is 0 Å². The topological polar surface area (TPSA) is 75.7 Å². The summed E-state index contributed by atoms with van der Waals surface area (Å²) in [7, 11) is -3.60. The molecule has 1 fully saturated rings. The highest BCUT2D eigenvalue weighted by Gasteiger charge is 2.32. The lowest BCUT2D eigenvalue weighted by Gasteiger charge is -2.31. The SMILES string of the molecule is Cc1ccccc1OCCNC(=O)[C@H]1CCCN(S(=O)(=O)Cc2ccc(Cl)cc2Cl)C1. The number of rotatable bonds is 8. The van der Waals surface area contributed by atoms with E-state index in [0.29, 0.717) is 48.1 Å². The van der Waals surface area contributed by atoms with Gasteiger partial charge in [0.05, 0.1) is 18.2 Å². The first-order chi connectivity index (χ1) is 14.8. The van der Waals surface area contributed by atoms with Crippen LogP contribution in [0.5, 0.6) is 5.75 Å². The molecule has 0 bridgehead atoms. The van der Waals surface area contributed by atoms with Crippen molar-refractivity contribution in [2.24, 2.45) is 5.92 Å². The Balaban J connectivity index is 1.51. The second-order valence-corrected chi connectivity index (χ2v) is 10.4. The average Bonchev–Trinajstić information content (AvgIpc) is 2.74. The number of para-hydroxylation sites is 1. The molecule has 0 radical (unpaired) electrons. The second-order valence-electron chi connectivity index (χ2n) is 7.59. The summed E-state index contributed by atoms with van der Waals surface area (Å²) in [6.07, 6.45) is 1.28. The number of carbonyl (C=O) groups is 1. The van der Waals surface area contributed by atoms with Crippen molar-refractivity contribution in [2.75, 3.05) is 26.2 Å². The molecule has 1 N–H and O–H groups in total. The number of amides is 1. The van der Waals surface area contributed by atoms with E-state index in [1.54, 1.807) is 12.1 Å². The van der Waals surface area contributed by atoms with Crippen LogP contribution in [0, 0.1) is 12.8 Å². The quantitative estimate of drug-likeness (QED) is 0.573. The van der Waals surface area contributed by atoms with Crippen LogP contribution in [0.4, 0.5) is 0 Å². The van der Waals surface area contributed by atoms with Crippen molar-refractivity contribution in [3.05, 3.63) is 63.6 Å². The molecule has 6 nitrogen and oxygen atoms in total. The predicted molar refractivity (Wildman–Crippen MR) is 123 cm³/mol. The van der Waals surface area contributed by atoms with Gasteiger partial charge in [-0.2, -0.15) is 0 Å². The molecule has 168 valence electrons. The van der Waals surface area contributed by atoms with Gasteiger partial charge in [0.15, 0.2) is 0 Å². The Labute approximate surface area is 193 Å². The molecular weight excluding hydrogens is 459 g/mol. The van der Waals surface area contributed by atoms with E-state index in [0.717, 1.165) is 11.3 Å². The molecule has 2 aromatic carbocycles. The monoisotopic (exact) mass is 484 g/mol. The normalized spacial score (nSPS) is 17.3. The summed E-state index contributed by atoms with van der Waals surface area (Å²) in [5.41, 5.74) is 1.52. The molecular formula is C22H26Cl2N2O4S. The highest BCUT2D eigenvalue weighted by molar-refractivity contribution is 7.88. The van der Waals surface area contributed by atoms with Crippen LogP contribution in [0.1, 0.15) is 24.0 Å². The third-order valence-corrected chi connectivity index (χ3v) is 7.63. The first-order valence-electron chi connectivity index (χ1n) is 10.1. The van der Waals surface area contributed by atoms with Crippen molar-refractivity contribution in [3.63, 3.8) is 0 Å². The van der Waals surface area contributed by atoms with E-state index in [4.69, 9.17) is 27.9 Å². The Morgan fingerprint density at radius 3 is 2.74 bits per heavy atom. The molecule has 2 aromatic rings. The Morgan fingerprint density at radius 2 is 2.00 bits per heavy atom. The number of ether oxygens (including phenoxy) is 1. The van der Waals surface area contributed by atoms with Gasteiger partial charge in [0, 0.05) is 23.1 Å². The summed E-state index contributed by atoms with van der Waals surface area (Å²) in [5.74, 6) is 0.0229. The number of hydrogen-bond acceptors (Lipinski definition) is 4. The van der Waals surface area contributed by atoms with Crippen LogP contribution in [-0.4, -0.2) is 44.9 Å². The summed E-state index contributed by atoms with van der Waals surface area (Å²) in [5, 5.41) is 3.62. The highest BCUT2D eigenvalue weighted by atomic mass is 35.5. The van der Waals surface area contributed by atoms with E-state index >= 15 is 0 Å². The molecule has 0 spiro atoms. The number of nitrogens with one attached hydrogen (secondary N) is 1. The van der Waals surface area contributed by atoms with Gasteiger partial charge in [0.2, 0.25) is 15.9 Å². The fourth-order valence-electron chi connectivity index (χ4n) is 3.53. The second kappa shape index (κ2) is 10.7. The van der Waals surface area contributed by atoms with Crippen molar-refractivity contribution >= 4 is 39.1 Å². The molecule has 1 heterocycles. The van der Waals surface area contributed by atoms with Crippen molar-refractivity contribution in [1.29, 1.82) is 0 Å². The third kappa shape index (κ3) is 6.59. The van der Waals surface area contributed by atoms with Gasteiger partial charge < -0.3 is 10.1 Å². The lowest BCUT2D eigenvalue weighted by Crippen LogP contribution is -2.46. The summed E-state index contributed by atoms with van der Waals surface area (Å²) in [6, 6.07) is 12.4. The van der Waals surface area contributed by atoms with E-state index in [2.05, 4.69) is 5.32 Å². The Hall–Kier alpha value is -1.80. The van der Waals surface area contributed by atoms with Gasteiger partial charge in [-0.25, -0.2) is 12.7 Å². The van der Waals surface area contributed by atoms with Crippen LogP contribution in [0.25, 0.3) is 0 Å². The summed E-state index contributed by atoms with van der Waals surface area (Å²) < 4.78 is 32.9. The summed E-state index contributed by atoms with van der Waals surface area (Å²) in [4.78, 5) is 12.6. The van der Waals surface area contributed by atoms with E-state index < -0.39 is 10.0 Å². The Bertz CT molecular complexity index is 1030.